The quantitative estimate of drug-likeness (QED) is 0.0345. The second kappa shape index (κ2) is 60.1. The molecule has 0 aromatic heterocycles. The Hall–Kier alpha value is -3.18. The standard InChI is InChI=1S/C65H112O5/c1-4-7-10-13-16-19-22-25-28-30-32-34-36-39-42-45-48-51-54-57-60-68-61-63(70-65(67)59-56-53-50-47-44-41-37-27-24-21-18-15-12-9-6-3)62-69-64(66)58-55-52-49-46-43-40-38-35-33-31-29-26-23-20-17-14-11-8-5-2/h8,11,17-18,20-21,26-27,29,33,35,37,40,43,49,52,63H,4-7,9-10,12-16,19,22-25,28,30-32,34,36,38-39,41-42,44-48,50-51,53-62H2,1-3H3/b11-8-,20-17-,21-18-,29-26-,35-33-,37-27-,43-40-,52-49-. The number of carbonyl (C=O) groups excluding carboxylic acids is 2. The minimum atomic E-state index is -0.578. The maximum Gasteiger partial charge on any atom is 0.306 e. The largest absolute Gasteiger partial charge is 0.462 e. The molecule has 0 amide bonds. The van der Waals surface area contributed by atoms with E-state index >= 15 is 0 Å². The van der Waals surface area contributed by atoms with Gasteiger partial charge >= 0.3 is 11.9 Å². The van der Waals surface area contributed by atoms with Gasteiger partial charge in [0.2, 0.25) is 0 Å². The fourth-order valence-electron chi connectivity index (χ4n) is 8.21. The van der Waals surface area contributed by atoms with Gasteiger partial charge < -0.3 is 14.2 Å². The normalized spacial score (nSPS) is 12.9. The van der Waals surface area contributed by atoms with Crippen LogP contribution in [0.3, 0.4) is 0 Å². The predicted octanol–water partition coefficient (Wildman–Crippen LogP) is 20.6. The summed E-state index contributed by atoms with van der Waals surface area (Å²) in [6.07, 6.45) is 81.6. The summed E-state index contributed by atoms with van der Waals surface area (Å²) in [6.45, 7) is 7.62. The third kappa shape index (κ3) is 57.4. The number of unbranched alkanes of at least 4 members (excludes halogenated alkanes) is 27. The van der Waals surface area contributed by atoms with Crippen molar-refractivity contribution in [2.45, 2.75) is 284 Å². The molecule has 5 nitrogen and oxygen atoms in total. The lowest BCUT2D eigenvalue weighted by Gasteiger charge is -2.18. The van der Waals surface area contributed by atoms with Crippen molar-refractivity contribution in [3.63, 3.8) is 0 Å². The van der Waals surface area contributed by atoms with Crippen LogP contribution in [0.1, 0.15) is 278 Å². The first-order valence-corrected chi connectivity index (χ1v) is 29.8. The van der Waals surface area contributed by atoms with Gasteiger partial charge in [-0.15, -0.1) is 0 Å². The Balaban J connectivity index is 4.37. The first kappa shape index (κ1) is 66.8. The number of ether oxygens (including phenoxy) is 3. The van der Waals surface area contributed by atoms with Gasteiger partial charge in [0.1, 0.15) is 6.61 Å². The molecule has 1 atom stereocenters. The molecule has 0 aromatic carbocycles. The molecule has 0 heterocycles. The van der Waals surface area contributed by atoms with Gasteiger partial charge in [-0.25, -0.2) is 0 Å². The molecule has 0 N–H and O–H groups in total. The number of carbonyl (C=O) groups is 2. The minimum Gasteiger partial charge on any atom is -0.462 e. The second-order valence-electron chi connectivity index (χ2n) is 19.5. The van der Waals surface area contributed by atoms with Crippen LogP contribution >= 0.6 is 0 Å². The molecule has 402 valence electrons. The highest BCUT2D eigenvalue weighted by atomic mass is 16.6. The summed E-state index contributed by atoms with van der Waals surface area (Å²) in [7, 11) is 0. The summed E-state index contributed by atoms with van der Waals surface area (Å²) < 4.78 is 17.4. The first-order chi connectivity index (χ1) is 34.6. The summed E-state index contributed by atoms with van der Waals surface area (Å²) in [5.41, 5.74) is 0. The molecule has 0 saturated carbocycles. The van der Waals surface area contributed by atoms with Crippen molar-refractivity contribution in [3.05, 3.63) is 97.2 Å². The Kier molecular flexibility index (Phi) is 57.4. The van der Waals surface area contributed by atoms with Crippen molar-refractivity contribution in [3.8, 4) is 0 Å². The minimum absolute atomic E-state index is 0.0374. The van der Waals surface area contributed by atoms with Crippen LogP contribution in [0, 0.1) is 0 Å². The molecule has 0 aliphatic heterocycles. The van der Waals surface area contributed by atoms with Crippen molar-refractivity contribution in [1.82, 2.24) is 0 Å². The molecule has 0 spiro atoms. The molecular weight excluding hydrogens is 861 g/mol. The summed E-state index contributed by atoms with van der Waals surface area (Å²) in [5.74, 6) is -0.504. The van der Waals surface area contributed by atoms with E-state index in [1.54, 1.807) is 0 Å². The summed E-state index contributed by atoms with van der Waals surface area (Å²) >= 11 is 0. The van der Waals surface area contributed by atoms with E-state index in [0.29, 0.717) is 25.9 Å². The fourth-order valence-corrected chi connectivity index (χ4v) is 8.21. The van der Waals surface area contributed by atoms with Crippen LogP contribution in [-0.4, -0.2) is 37.9 Å². The van der Waals surface area contributed by atoms with Crippen LogP contribution in [0.4, 0.5) is 0 Å². The maximum absolute atomic E-state index is 12.9. The van der Waals surface area contributed by atoms with Gasteiger partial charge in [0.25, 0.3) is 0 Å². The molecule has 0 fully saturated rings. The first-order valence-electron chi connectivity index (χ1n) is 29.8. The average Bonchev–Trinajstić information content (AvgIpc) is 3.36. The Bertz CT molecular complexity index is 1330. The SMILES string of the molecule is CC/C=C\C/C=C\C/C=C\C/C=C\C/C=C\C/C=C\CCC(=O)OCC(COCCCCCCCCCCCCCCCCCCCCCC)OC(=O)CCCCCCC/C=C\C/C=C\CCCCC. The van der Waals surface area contributed by atoms with E-state index < -0.39 is 6.10 Å². The molecule has 0 saturated heterocycles. The molecule has 5 heteroatoms. The maximum atomic E-state index is 12.9. The highest BCUT2D eigenvalue weighted by Crippen LogP contribution is 2.16. The average molecular weight is 974 g/mol. The second-order valence-corrected chi connectivity index (χ2v) is 19.5. The van der Waals surface area contributed by atoms with E-state index in [4.69, 9.17) is 14.2 Å². The van der Waals surface area contributed by atoms with Crippen LogP contribution in [0.15, 0.2) is 97.2 Å². The smallest absolute Gasteiger partial charge is 0.306 e. The van der Waals surface area contributed by atoms with E-state index in [0.717, 1.165) is 83.5 Å². The van der Waals surface area contributed by atoms with E-state index in [9.17, 15) is 9.59 Å². The third-order valence-electron chi connectivity index (χ3n) is 12.6. The zero-order valence-electron chi connectivity index (χ0n) is 46.3. The molecule has 0 aliphatic carbocycles. The van der Waals surface area contributed by atoms with E-state index in [1.165, 1.54) is 154 Å². The van der Waals surface area contributed by atoms with Crippen LogP contribution in [-0.2, 0) is 23.8 Å². The highest BCUT2D eigenvalue weighted by molar-refractivity contribution is 5.70. The summed E-state index contributed by atoms with van der Waals surface area (Å²) in [6, 6.07) is 0. The lowest BCUT2D eigenvalue weighted by atomic mass is 10.0. The Morgan fingerprint density at radius 1 is 0.329 bits per heavy atom. The molecule has 0 aromatic rings. The molecule has 0 bridgehead atoms. The molecule has 0 aliphatic rings. The van der Waals surface area contributed by atoms with Crippen molar-refractivity contribution in [1.29, 1.82) is 0 Å². The lowest BCUT2D eigenvalue weighted by Crippen LogP contribution is -2.30. The van der Waals surface area contributed by atoms with Gasteiger partial charge in [-0.2, -0.15) is 0 Å². The number of esters is 2. The number of rotatable bonds is 54. The zero-order valence-corrected chi connectivity index (χ0v) is 46.3. The van der Waals surface area contributed by atoms with E-state index in [2.05, 4.69) is 112 Å². The highest BCUT2D eigenvalue weighted by Gasteiger charge is 2.17. The van der Waals surface area contributed by atoms with Gasteiger partial charge in [-0.05, 0) is 89.9 Å². The third-order valence-corrected chi connectivity index (χ3v) is 12.6. The number of allylic oxidation sites excluding steroid dienone is 16. The monoisotopic (exact) mass is 973 g/mol. The number of hydrogen-bond donors (Lipinski definition) is 0. The molecule has 0 rings (SSSR count). The topological polar surface area (TPSA) is 61.8 Å². The Morgan fingerprint density at radius 2 is 0.671 bits per heavy atom. The fraction of sp³-hybridized carbons (Fsp3) is 0.723. The summed E-state index contributed by atoms with van der Waals surface area (Å²) in [4.78, 5) is 25.5. The van der Waals surface area contributed by atoms with Crippen LogP contribution < -0.4 is 0 Å². The van der Waals surface area contributed by atoms with Gasteiger partial charge in [0.15, 0.2) is 6.10 Å². The van der Waals surface area contributed by atoms with E-state index in [1.807, 2.05) is 6.08 Å². The van der Waals surface area contributed by atoms with Gasteiger partial charge in [-0.1, -0.05) is 272 Å². The lowest BCUT2D eigenvalue weighted by molar-refractivity contribution is -0.162. The molecule has 70 heavy (non-hydrogen) atoms. The van der Waals surface area contributed by atoms with Gasteiger partial charge in [0, 0.05) is 19.4 Å². The van der Waals surface area contributed by atoms with Crippen molar-refractivity contribution in [2.75, 3.05) is 19.8 Å². The Morgan fingerprint density at radius 3 is 1.11 bits per heavy atom. The van der Waals surface area contributed by atoms with Gasteiger partial charge in [-0.3, -0.25) is 9.59 Å². The number of hydrogen-bond acceptors (Lipinski definition) is 5. The van der Waals surface area contributed by atoms with Crippen LogP contribution in [0.2, 0.25) is 0 Å². The Labute approximate surface area is 434 Å². The van der Waals surface area contributed by atoms with Crippen molar-refractivity contribution in [2.24, 2.45) is 0 Å². The van der Waals surface area contributed by atoms with Crippen molar-refractivity contribution < 1.29 is 23.8 Å². The molecule has 0 radical (unpaired) electrons. The molecular formula is C65H112O5. The summed E-state index contributed by atoms with van der Waals surface area (Å²) in [5, 5.41) is 0. The van der Waals surface area contributed by atoms with Gasteiger partial charge in [0.05, 0.1) is 6.61 Å². The predicted molar refractivity (Wildman–Crippen MR) is 306 cm³/mol. The van der Waals surface area contributed by atoms with Crippen molar-refractivity contribution >= 4 is 11.9 Å². The van der Waals surface area contributed by atoms with Crippen LogP contribution in [0.25, 0.3) is 0 Å². The zero-order chi connectivity index (χ0) is 50.6. The van der Waals surface area contributed by atoms with E-state index in [-0.39, 0.29) is 25.2 Å². The molecule has 1 unspecified atom stereocenters. The van der Waals surface area contributed by atoms with Crippen LogP contribution in [0.5, 0.6) is 0 Å².